The van der Waals surface area contributed by atoms with Gasteiger partial charge in [0.1, 0.15) is 5.75 Å². The van der Waals surface area contributed by atoms with Crippen LogP contribution in [0.25, 0.3) is 10.9 Å². The lowest BCUT2D eigenvalue weighted by Gasteiger charge is -2.17. The monoisotopic (exact) mass is 288 g/mol. The summed E-state index contributed by atoms with van der Waals surface area (Å²) in [4.78, 5) is 15.1. The van der Waals surface area contributed by atoms with Crippen LogP contribution in [0.15, 0.2) is 24.4 Å². The number of carbonyl (C=O) groups excluding carboxylic acids is 1. The van der Waals surface area contributed by atoms with Crippen LogP contribution in [-0.2, 0) is 11.2 Å². The maximum atomic E-state index is 11.8. The second kappa shape index (κ2) is 6.20. The van der Waals surface area contributed by atoms with E-state index < -0.39 is 0 Å². The van der Waals surface area contributed by atoms with Gasteiger partial charge in [-0.2, -0.15) is 0 Å². The van der Waals surface area contributed by atoms with E-state index >= 15 is 0 Å². The maximum Gasteiger partial charge on any atom is 0.220 e. The second-order valence-corrected chi connectivity index (χ2v) is 6.56. The third kappa shape index (κ3) is 4.25. The molecule has 4 heteroatoms. The van der Waals surface area contributed by atoms with E-state index in [-0.39, 0.29) is 11.3 Å². The first-order valence-corrected chi connectivity index (χ1v) is 7.30. The average Bonchev–Trinajstić information content (AvgIpc) is 2.79. The molecular formula is C17H24N2O2. The van der Waals surface area contributed by atoms with E-state index in [0.29, 0.717) is 13.0 Å². The third-order valence-corrected chi connectivity index (χ3v) is 3.38. The summed E-state index contributed by atoms with van der Waals surface area (Å²) in [6, 6.07) is 5.97. The fourth-order valence-electron chi connectivity index (χ4n) is 2.37. The molecule has 0 saturated carbocycles. The third-order valence-electron chi connectivity index (χ3n) is 3.38. The number of methoxy groups -OCH3 is 1. The lowest BCUT2D eigenvalue weighted by molar-refractivity contribution is -0.122. The van der Waals surface area contributed by atoms with Crippen molar-refractivity contribution in [3.05, 3.63) is 30.0 Å². The summed E-state index contributed by atoms with van der Waals surface area (Å²) < 4.78 is 5.26. The number of ether oxygens (including phenoxy) is 1. The summed E-state index contributed by atoms with van der Waals surface area (Å²) in [7, 11) is 1.67. The van der Waals surface area contributed by atoms with Crippen molar-refractivity contribution in [2.45, 2.75) is 33.6 Å². The Morgan fingerprint density at radius 2 is 2.10 bits per heavy atom. The first-order chi connectivity index (χ1) is 9.89. The summed E-state index contributed by atoms with van der Waals surface area (Å²) in [6.07, 6.45) is 3.36. The molecular weight excluding hydrogens is 264 g/mol. The molecule has 4 nitrogen and oxygen atoms in total. The molecule has 114 valence electrons. The highest BCUT2D eigenvalue weighted by atomic mass is 16.5. The normalized spacial score (nSPS) is 11.6. The Morgan fingerprint density at radius 1 is 1.33 bits per heavy atom. The van der Waals surface area contributed by atoms with Crippen LogP contribution in [-0.4, -0.2) is 24.5 Å². The number of aromatic nitrogens is 1. The largest absolute Gasteiger partial charge is 0.497 e. The van der Waals surface area contributed by atoms with Gasteiger partial charge in [0.15, 0.2) is 0 Å². The van der Waals surface area contributed by atoms with Gasteiger partial charge in [-0.3, -0.25) is 4.79 Å². The molecule has 1 amide bonds. The van der Waals surface area contributed by atoms with Crippen LogP contribution in [0.1, 0.15) is 32.8 Å². The number of amides is 1. The first-order valence-electron chi connectivity index (χ1n) is 7.30. The Hall–Kier alpha value is -1.97. The highest BCUT2D eigenvalue weighted by molar-refractivity contribution is 5.84. The van der Waals surface area contributed by atoms with E-state index in [9.17, 15) is 4.79 Å². The maximum absolute atomic E-state index is 11.8. The van der Waals surface area contributed by atoms with Gasteiger partial charge in [-0.05, 0) is 35.6 Å². The summed E-state index contributed by atoms with van der Waals surface area (Å²) >= 11 is 0. The van der Waals surface area contributed by atoms with Crippen molar-refractivity contribution in [3.8, 4) is 5.75 Å². The van der Waals surface area contributed by atoms with E-state index in [1.807, 2.05) is 24.4 Å². The number of aromatic amines is 1. The molecule has 0 unspecified atom stereocenters. The van der Waals surface area contributed by atoms with Gasteiger partial charge in [-0.25, -0.2) is 0 Å². The summed E-state index contributed by atoms with van der Waals surface area (Å²) in [6.45, 7) is 6.86. The summed E-state index contributed by atoms with van der Waals surface area (Å²) in [5.74, 6) is 0.958. The van der Waals surface area contributed by atoms with Crippen LogP contribution in [0.2, 0.25) is 0 Å². The summed E-state index contributed by atoms with van der Waals surface area (Å²) in [5, 5.41) is 4.14. The van der Waals surface area contributed by atoms with Crippen LogP contribution < -0.4 is 10.1 Å². The number of nitrogens with one attached hydrogen (secondary N) is 2. The van der Waals surface area contributed by atoms with Gasteiger partial charge in [0.2, 0.25) is 5.91 Å². The number of benzene rings is 1. The highest BCUT2D eigenvalue weighted by Crippen LogP contribution is 2.23. The summed E-state index contributed by atoms with van der Waals surface area (Å²) in [5.41, 5.74) is 2.31. The Kier molecular flexibility index (Phi) is 4.56. The van der Waals surface area contributed by atoms with Crippen LogP contribution in [0.3, 0.4) is 0 Å². The molecule has 2 aromatic rings. The van der Waals surface area contributed by atoms with Crippen LogP contribution in [0.4, 0.5) is 0 Å². The van der Waals surface area contributed by atoms with Gasteiger partial charge >= 0.3 is 0 Å². The van der Waals surface area contributed by atoms with Crippen molar-refractivity contribution in [1.82, 2.24) is 10.3 Å². The Labute approximate surface area is 125 Å². The number of rotatable bonds is 5. The lowest BCUT2D eigenvalue weighted by Crippen LogP contribution is -2.29. The zero-order chi connectivity index (χ0) is 15.5. The van der Waals surface area contributed by atoms with Gasteiger partial charge < -0.3 is 15.0 Å². The van der Waals surface area contributed by atoms with Crippen LogP contribution in [0.5, 0.6) is 5.75 Å². The molecule has 1 heterocycles. The van der Waals surface area contributed by atoms with Gasteiger partial charge in [-0.15, -0.1) is 0 Å². The molecule has 0 aliphatic heterocycles. The number of carbonyl (C=O) groups is 1. The van der Waals surface area contributed by atoms with E-state index in [0.717, 1.165) is 23.1 Å². The Balaban J connectivity index is 1.96. The molecule has 2 rings (SSSR count). The van der Waals surface area contributed by atoms with Crippen molar-refractivity contribution in [2.24, 2.45) is 5.41 Å². The topological polar surface area (TPSA) is 54.1 Å². The standard InChI is InChI=1S/C17H24N2O2/c1-17(2,3)10-16(20)18-8-7-12-11-19-15-6-5-13(21-4)9-14(12)15/h5-6,9,11,19H,7-8,10H2,1-4H3,(H,18,20). The minimum Gasteiger partial charge on any atom is -0.497 e. The number of hydrogen-bond donors (Lipinski definition) is 2. The SMILES string of the molecule is COc1ccc2[nH]cc(CCNC(=O)CC(C)(C)C)c2c1. The molecule has 0 fully saturated rings. The quantitative estimate of drug-likeness (QED) is 0.887. The van der Waals surface area contributed by atoms with Crippen LogP contribution >= 0.6 is 0 Å². The van der Waals surface area contributed by atoms with Crippen molar-refractivity contribution in [2.75, 3.05) is 13.7 Å². The van der Waals surface area contributed by atoms with Gasteiger partial charge in [0, 0.05) is 30.1 Å². The molecule has 0 aliphatic rings. The Bertz CT molecular complexity index is 623. The van der Waals surface area contributed by atoms with E-state index in [1.165, 1.54) is 5.56 Å². The fourth-order valence-corrected chi connectivity index (χ4v) is 2.37. The van der Waals surface area contributed by atoms with E-state index in [4.69, 9.17) is 4.74 Å². The molecule has 0 spiro atoms. The zero-order valence-electron chi connectivity index (χ0n) is 13.2. The van der Waals surface area contributed by atoms with Crippen LogP contribution in [0, 0.1) is 5.41 Å². The molecule has 0 radical (unpaired) electrons. The van der Waals surface area contributed by atoms with E-state index in [2.05, 4.69) is 31.1 Å². The number of fused-ring (bicyclic) bond motifs is 1. The molecule has 21 heavy (non-hydrogen) atoms. The molecule has 2 N–H and O–H groups in total. The predicted octanol–water partition coefficient (Wildman–Crippen LogP) is 3.27. The fraction of sp³-hybridized carbons (Fsp3) is 0.471. The second-order valence-electron chi connectivity index (χ2n) is 6.56. The van der Waals surface area contributed by atoms with Crippen molar-refractivity contribution in [1.29, 1.82) is 0 Å². The van der Waals surface area contributed by atoms with Gasteiger partial charge in [-0.1, -0.05) is 20.8 Å². The lowest BCUT2D eigenvalue weighted by atomic mass is 9.92. The average molecular weight is 288 g/mol. The molecule has 0 bridgehead atoms. The number of H-pyrrole nitrogens is 1. The first kappa shape index (κ1) is 15.4. The van der Waals surface area contributed by atoms with Crippen molar-refractivity contribution < 1.29 is 9.53 Å². The predicted molar refractivity (Wildman–Crippen MR) is 85.6 cm³/mol. The minimum absolute atomic E-state index is 0.0260. The Morgan fingerprint density at radius 3 is 2.76 bits per heavy atom. The highest BCUT2D eigenvalue weighted by Gasteiger charge is 2.15. The smallest absolute Gasteiger partial charge is 0.220 e. The minimum atomic E-state index is 0.0260. The van der Waals surface area contributed by atoms with E-state index in [1.54, 1.807) is 7.11 Å². The van der Waals surface area contributed by atoms with Gasteiger partial charge in [0.25, 0.3) is 0 Å². The molecule has 0 saturated heterocycles. The number of hydrogen-bond acceptors (Lipinski definition) is 2. The molecule has 1 aromatic heterocycles. The van der Waals surface area contributed by atoms with Crippen molar-refractivity contribution >= 4 is 16.8 Å². The molecule has 0 aliphatic carbocycles. The zero-order valence-corrected chi connectivity index (χ0v) is 13.2. The van der Waals surface area contributed by atoms with Crippen molar-refractivity contribution in [3.63, 3.8) is 0 Å². The molecule has 1 aromatic carbocycles. The van der Waals surface area contributed by atoms with Gasteiger partial charge in [0.05, 0.1) is 7.11 Å². The molecule has 0 atom stereocenters.